The van der Waals surface area contributed by atoms with Crippen molar-refractivity contribution in [3.63, 3.8) is 0 Å². The van der Waals surface area contributed by atoms with Crippen LogP contribution in [0.3, 0.4) is 0 Å². The predicted molar refractivity (Wildman–Crippen MR) is 81.2 cm³/mol. The van der Waals surface area contributed by atoms with Gasteiger partial charge in [0.1, 0.15) is 10.6 Å². The molecule has 0 bridgehead atoms. The molecule has 0 fully saturated rings. The number of aromatic nitrogens is 1. The van der Waals surface area contributed by atoms with Crippen LogP contribution in [0.15, 0.2) is 5.38 Å². The molecule has 6 heteroatoms. The van der Waals surface area contributed by atoms with E-state index in [0.717, 1.165) is 0 Å². The van der Waals surface area contributed by atoms with Crippen LogP contribution in [0.1, 0.15) is 70.1 Å². The number of hydrogen-bond donors (Lipinski definition) is 0. The predicted octanol–water partition coefficient (Wildman–Crippen LogP) is 3.75. The van der Waals surface area contributed by atoms with E-state index in [2.05, 4.69) is 4.98 Å². The Morgan fingerprint density at radius 3 is 2.19 bits per heavy atom. The third kappa shape index (κ3) is 5.46. The fourth-order valence-corrected chi connectivity index (χ4v) is 2.65. The van der Waals surface area contributed by atoms with Gasteiger partial charge in [0.2, 0.25) is 0 Å². The number of rotatable bonds is 3. The van der Waals surface area contributed by atoms with E-state index >= 15 is 0 Å². The Labute approximate surface area is 129 Å². The molecule has 21 heavy (non-hydrogen) atoms. The van der Waals surface area contributed by atoms with E-state index in [4.69, 9.17) is 9.47 Å². The Morgan fingerprint density at radius 1 is 1.19 bits per heavy atom. The first-order valence-corrected chi connectivity index (χ1v) is 7.64. The first kappa shape index (κ1) is 17.6. The maximum absolute atomic E-state index is 12.0. The molecule has 0 amide bonds. The molecule has 0 aliphatic carbocycles. The summed E-state index contributed by atoms with van der Waals surface area (Å²) < 4.78 is 10.6. The van der Waals surface area contributed by atoms with Crippen molar-refractivity contribution >= 4 is 23.3 Å². The SMILES string of the molecule is CC(=O)O[C@@H](c1nc(C(=O)OC(C)(C)C)cs1)C(C)(C)C. The first-order valence-electron chi connectivity index (χ1n) is 6.76. The second-order valence-corrected chi connectivity index (χ2v) is 7.82. The van der Waals surface area contributed by atoms with Crippen molar-refractivity contribution in [2.45, 2.75) is 60.2 Å². The van der Waals surface area contributed by atoms with E-state index in [-0.39, 0.29) is 17.1 Å². The minimum absolute atomic E-state index is 0.242. The highest BCUT2D eigenvalue weighted by molar-refractivity contribution is 7.09. The van der Waals surface area contributed by atoms with Gasteiger partial charge < -0.3 is 9.47 Å². The lowest BCUT2D eigenvalue weighted by molar-refractivity contribution is -0.152. The molecule has 0 aliphatic rings. The number of carbonyl (C=O) groups excluding carboxylic acids is 2. The second-order valence-electron chi connectivity index (χ2n) is 6.93. The number of hydrogen-bond acceptors (Lipinski definition) is 6. The molecule has 0 N–H and O–H groups in total. The lowest BCUT2D eigenvalue weighted by Gasteiger charge is -2.28. The van der Waals surface area contributed by atoms with Gasteiger partial charge in [-0.15, -0.1) is 11.3 Å². The molecule has 1 aromatic rings. The van der Waals surface area contributed by atoms with Gasteiger partial charge in [-0.2, -0.15) is 0 Å². The van der Waals surface area contributed by atoms with Gasteiger partial charge in [0.05, 0.1) is 0 Å². The summed E-state index contributed by atoms with van der Waals surface area (Å²) in [5.41, 5.74) is -0.638. The summed E-state index contributed by atoms with van der Waals surface area (Å²) in [7, 11) is 0. The largest absolute Gasteiger partial charge is 0.455 e. The van der Waals surface area contributed by atoms with Crippen molar-refractivity contribution in [1.29, 1.82) is 0 Å². The van der Waals surface area contributed by atoms with Gasteiger partial charge in [-0.05, 0) is 20.8 Å². The summed E-state index contributed by atoms with van der Waals surface area (Å²) >= 11 is 1.29. The zero-order chi connectivity index (χ0) is 16.4. The van der Waals surface area contributed by atoms with Crippen LogP contribution in [0.2, 0.25) is 0 Å². The minimum Gasteiger partial charge on any atom is -0.455 e. The maximum Gasteiger partial charge on any atom is 0.358 e. The van der Waals surface area contributed by atoms with E-state index in [0.29, 0.717) is 5.01 Å². The van der Waals surface area contributed by atoms with Crippen molar-refractivity contribution in [3.05, 3.63) is 16.1 Å². The number of esters is 2. The van der Waals surface area contributed by atoms with Gasteiger partial charge in [-0.25, -0.2) is 9.78 Å². The zero-order valence-electron chi connectivity index (χ0n) is 13.6. The van der Waals surface area contributed by atoms with Crippen LogP contribution in [-0.4, -0.2) is 22.5 Å². The second kappa shape index (κ2) is 6.13. The highest BCUT2D eigenvalue weighted by atomic mass is 32.1. The smallest absolute Gasteiger partial charge is 0.358 e. The molecule has 0 unspecified atom stereocenters. The molecule has 1 heterocycles. The van der Waals surface area contributed by atoms with Crippen LogP contribution >= 0.6 is 11.3 Å². The van der Waals surface area contributed by atoms with Crippen molar-refractivity contribution in [2.75, 3.05) is 0 Å². The molecular weight excluding hydrogens is 290 g/mol. The maximum atomic E-state index is 12.0. The third-order valence-electron chi connectivity index (χ3n) is 2.42. The van der Waals surface area contributed by atoms with Crippen molar-refractivity contribution in [3.8, 4) is 0 Å². The van der Waals surface area contributed by atoms with Gasteiger partial charge >= 0.3 is 11.9 Å². The van der Waals surface area contributed by atoms with Crippen molar-refractivity contribution in [1.82, 2.24) is 4.98 Å². The van der Waals surface area contributed by atoms with Crippen LogP contribution in [0.4, 0.5) is 0 Å². The average Bonchev–Trinajstić information content (AvgIpc) is 2.70. The van der Waals surface area contributed by atoms with Crippen molar-refractivity contribution < 1.29 is 19.1 Å². The highest BCUT2D eigenvalue weighted by Gasteiger charge is 2.33. The lowest BCUT2D eigenvalue weighted by Crippen LogP contribution is -2.25. The fourth-order valence-electron chi connectivity index (χ4n) is 1.60. The van der Waals surface area contributed by atoms with Crippen LogP contribution in [-0.2, 0) is 14.3 Å². The van der Waals surface area contributed by atoms with Crippen LogP contribution in [0, 0.1) is 5.41 Å². The Balaban J connectivity index is 2.99. The molecule has 0 saturated carbocycles. The van der Waals surface area contributed by atoms with Gasteiger partial charge in [0.25, 0.3) is 0 Å². The average molecular weight is 313 g/mol. The van der Waals surface area contributed by atoms with E-state index in [1.54, 1.807) is 26.2 Å². The molecule has 0 aromatic carbocycles. The number of nitrogens with zero attached hydrogens (tertiary/aromatic N) is 1. The molecular formula is C15H23NO4S. The summed E-state index contributed by atoms with van der Waals surface area (Å²) in [6.07, 6.45) is -0.490. The monoisotopic (exact) mass is 313 g/mol. The molecule has 0 spiro atoms. The van der Waals surface area contributed by atoms with Gasteiger partial charge in [-0.3, -0.25) is 4.79 Å². The summed E-state index contributed by atoms with van der Waals surface area (Å²) in [6.45, 7) is 12.6. The highest BCUT2D eigenvalue weighted by Crippen LogP contribution is 2.37. The summed E-state index contributed by atoms with van der Waals surface area (Å²) in [5, 5.41) is 2.23. The Hall–Kier alpha value is -1.43. The molecule has 1 aromatic heterocycles. The normalized spacial score (nSPS) is 13.7. The Morgan fingerprint density at radius 2 is 1.76 bits per heavy atom. The van der Waals surface area contributed by atoms with Crippen LogP contribution < -0.4 is 0 Å². The topological polar surface area (TPSA) is 65.5 Å². The summed E-state index contributed by atoms with van der Waals surface area (Å²) in [6, 6.07) is 0. The lowest BCUT2D eigenvalue weighted by atomic mass is 9.89. The van der Waals surface area contributed by atoms with Crippen LogP contribution in [0.25, 0.3) is 0 Å². The van der Waals surface area contributed by atoms with E-state index < -0.39 is 17.7 Å². The zero-order valence-corrected chi connectivity index (χ0v) is 14.5. The van der Waals surface area contributed by atoms with E-state index in [1.807, 2.05) is 20.8 Å². The first-order chi connectivity index (χ1) is 9.40. The molecule has 5 nitrogen and oxygen atoms in total. The van der Waals surface area contributed by atoms with Gasteiger partial charge in [0.15, 0.2) is 11.8 Å². The molecule has 0 saturated heterocycles. The number of thiazole rings is 1. The standard InChI is InChI=1S/C15H23NO4S/c1-9(17)19-11(14(2,3)4)12-16-10(8-21-12)13(18)20-15(5,6)7/h8,11H,1-7H3/t11-/m0/s1. The van der Waals surface area contributed by atoms with E-state index in [1.165, 1.54) is 18.3 Å². The quantitative estimate of drug-likeness (QED) is 0.795. The van der Waals surface area contributed by atoms with E-state index in [9.17, 15) is 9.59 Å². The fraction of sp³-hybridized carbons (Fsp3) is 0.667. The van der Waals surface area contributed by atoms with Crippen LogP contribution in [0.5, 0.6) is 0 Å². The molecule has 0 radical (unpaired) electrons. The third-order valence-corrected chi connectivity index (χ3v) is 3.31. The Kier molecular flexibility index (Phi) is 5.15. The number of ether oxygens (including phenoxy) is 2. The molecule has 0 aliphatic heterocycles. The molecule has 118 valence electrons. The molecule has 1 rings (SSSR count). The number of carbonyl (C=O) groups is 2. The van der Waals surface area contributed by atoms with Gasteiger partial charge in [-0.1, -0.05) is 20.8 Å². The summed E-state index contributed by atoms with van der Waals surface area (Å²) in [4.78, 5) is 27.5. The molecule has 1 atom stereocenters. The minimum atomic E-state index is -0.569. The van der Waals surface area contributed by atoms with Crippen molar-refractivity contribution in [2.24, 2.45) is 5.41 Å². The van der Waals surface area contributed by atoms with Gasteiger partial charge in [0, 0.05) is 17.7 Å². The Bertz CT molecular complexity index is 523. The summed E-state index contributed by atoms with van der Waals surface area (Å²) in [5.74, 6) is -0.843.